The second-order valence-corrected chi connectivity index (χ2v) is 3.23. The molecule has 0 aromatic carbocycles. The number of aryl methyl sites for hydroxylation is 1. The summed E-state index contributed by atoms with van der Waals surface area (Å²) in [7, 11) is 0. The number of ether oxygens (including phenoxy) is 1. The van der Waals surface area contributed by atoms with Gasteiger partial charge in [0.25, 0.3) is 0 Å². The van der Waals surface area contributed by atoms with Gasteiger partial charge in [0.2, 0.25) is 0 Å². The minimum atomic E-state index is -0.0475. The van der Waals surface area contributed by atoms with E-state index in [1.165, 1.54) is 0 Å². The van der Waals surface area contributed by atoms with Crippen LogP contribution < -0.4 is 5.32 Å². The first-order valence-electron chi connectivity index (χ1n) is 4.19. The van der Waals surface area contributed by atoms with Crippen LogP contribution in [0.4, 0.5) is 0 Å². The minimum absolute atomic E-state index is 0. The number of furan rings is 1. The molecule has 0 radical (unpaired) electrons. The number of rotatable bonds is 1. The van der Waals surface area contributed by atoms with Crippen LogP contribution in [0.1, 0.15) is 24.7 Å². The standard InChI is InChI=1S/C9H13NO2.ClH/c1-6-5-11-9(10-6)8-4-3-7(2)12-8;/h3-4,6,9-10H,5H2,1-2H3;1H. The van der Waals surface area contributed by atoms with Gasteiger partial charge in [0, 0.05) is 6.04 Å². The van der Waals surface area contributed by atoms with Crippen molar-refractivity contribution in [2.75, 3.05) is 6.61 Å². The van der Waals surface area contributed by atoms with Gasteiger partial charge in [0.05, 0.1) is 6.61 Å². The molecular formula is C9H14ClNO2. The molecule has 3 nitrogen and oxygen atoms in total. The fraction of sp³-hybridized carbons (Fsp3) is 0.556. The molecule has 4 heteroatoms. The van der Waals surface area contributed by atoms with Gasteiger partial charge in [0.15, 0.2) is 6.23 Å². The van der Waals surface area contributed by atoms with Gasteiger partial charge in [-0.25, -0.2) is 0 Å². The normalized spacial score (nSPS) is 27.2. The van der Waals surface area contributed by atoms with Crippen LogP contribution in [0.5, 0.6) is 0 Å². The monoisotopic (exact) mass is 203 g/mol. The predicted molar refractivity (Wildman–Crippen MR) is 52.0 cm³/mol. The summed E-state index contributed by atoms with van der Waals surface area (Å²) >= 11 is 0. The number of hydrogen-bond acceptors (Lipinski definition) is 3. The van der Waals surface area contributed by atoms with Gasteiger partial charge in [-0.2, -0.15) is 0 Å². The third kappa shape index (κ3) is 2.24. The lowest BCUT2D eigenvalue weighted by Crippen LogP contribution is -2.21. The molecular weight excluding hydrogens is 190 g/mol. The van der Waals surface area contributed by atoms with E-state index in [-0.39, 0.29) is 18.6 Å². The summed E-state index contributed by atoms with van der Waals surface area (Å²) in [6, 6.07) is 4.31. The molecule has 74 valence electrons. The van der Waals surface area contributed by atoms with E-state index in [9.17, 15) is 0 Å². The Morgan fingerprint density at radius 1 is 1.46 bits per heavy atom. The second-order valence-electron chi connectivity index (χ2n) is 3.23. The van der Waals surface area contributed by atoms with E-state index in [2.05, 4.69) is 12.2 Å². The lowest BCUT2D eigenvalue weighted by Gasteiger charge is -2.05. The van der Waals surface area contributed by atoms with Crippen molar-refractivity contribution < 1.29 is 9.15 Å². The molecule has 1 fully saturated rings. The molecule has 0 saturated carbocycles. The van der Waals surface area contributed by atoms with Gasteiger partial charge in [-0.1, -0.05) is 0 Å². The highest BCUT2D eigenvalue weighted by Crippen LogP contribution is 2.21. The van der Waals surface area contributed by atoms with Crippen molar-refractivity contribution in [1.82, 2.24) is 5.32 Å². The van der Waals surface area contributed by atoms with Crippen molar-refractivity contribution in [3.63, 3.8) is 0 Å². The van der Waals surface area contributed by atoms with Gasteiger partial charge in [-0.15, -0.1) is 12.4 Å². The molecule has 2 atom stereocenters. The van der Waals surface area contributed by atoms with Gasteiger partial charge < -0.3 is 9.15 Å². The van der Waals surface area contributed by atoms with Gasteiger partial charge in [-0.3, -0.25) is 5.32 Å². The van der Waals surface area contributed by atoms with E-state index in [0.29, 0.717) is 6.04 Å². The highest BCUT2D eigenvalue weighted by molar-refractivity contribution is 5.85. The minimum Gasteiger partial charge on any atom is -0.462 e. The zero-order valence-corrected chi connectivity index (χ0v) is 8.56. The summed E-state index contributed by atoms with van der Waals surface area (Å²) in [4.78, 5) is 0. The van der Waals surface area contributed by atoms with Crippen LogP contribution >= 0.6 is 12.4 Å². The topological polar surface area (TPSA) is 34.4 Å². The van der Waals surface area contributed by atoms with Crippen molar-refractivity contribution in [2.24, 2.45) is 0 Å². The molecule has 0 spiro atoms. The molecule has 0 amide bonds. The van der Waals surface area contributed by atoms with Crippen molar-refractivity contribution in [3.8, 4) is 0 Å². The van der Waals surface area contributed by atoms with Crippen LogP contribution in [-0.4, -0.2) is 12.6 Å². The van der Waals surface area contributed by atoms with Crippen LogP contribution in [0.2, 0.25) is 0 Å². The molecule has 1 aliphatic rings. The summed E-state index contributed by atoms with van der Waals surface area (Å²) in [5.74, 6) is 1.80. The third-order valence-electron chi connectivity index (χ3n) is 1.97. The first-order chi connectivity index (χ1) is 5.75. The zero-order chi connectivity index (χ0) is 8.55. The summed E-state index contributed by atoms with van der Waals surface area (Å²) in [5, 5.41) is 3.27. The van der Waals surface area contributed by atoms with Crippen molar-refractivity contribution in [1.29, 1.82) is 0 Å². The van der Waals surface area contributed by atoms with E-state index in [1.54, 1.807) is 0 Å². The average Bonchev–Trinajstić information content (AvgIpc) is 2.58. The van der Waals surface area contributed by atoms with E-state index in [1.807, 2.05) is 19.1 Å². The molecule has 1 aliphatic heterocycles. The number of halogens is 1. The fourth-order valence-electron chi connectivity index (χ4n) is 1.35. The van der Waals surface area contributed by atoms with Crippen LogP contribution in [0, 0.1) is 6.92 Å². The molecule has 0 aliphatic carbocycles. The largest absolute Gasteiger partial charge is 0.462 e. The highest BCUT2D eigenvalue weighted by Gasteiger charge is 2.24. The Morgan fingerprint density at radius 2 is 2.23 bits per heavy atom. The molecule has 1 N–H and O–H groups in total. The molecule has 2 heterocycles. The maximum Gasteiger partial charge on any atom is 0.167 e. The quantitative estimate of drug-likeness (QED) is 0.759. The van der Waals surface area contributed by atoms with Gasteiger partial charge in [0.1, 0.15) is 11.5 Å². The van der Waals surface area contributed by atoms with Crippen LogP contribution in [0.25, 0.3) is 0 Å². The molecule has 0 bridgehead atoms. The Balaban J connectivity index is 0.000000845. The lowest BCUT2D eigenvalue weighted by molar-refractivity contribution is 0.0818. The Bertz CT molecular complexity index is 274. The molecule has 2 rings (SSSR count). The average molecular weight is 204 g/mol. The molecule has 1 saturated heterocycles. The van der Waals surface area contributed by atoms with Crippen molar-refractivity contribution >= 4 is 12.4 Å². The van der Waals surface area contributed by atoms with E-state index in [4.69, 9.17) is 9.15 Å². The first-order valence-corrected chi connectivity index (χ1v) is 4.19. The Labute approximate surface area is 83.9 Å². The van der Waals surface area contributed by atoms with E-state index >= 15 is 0 Å². The molecule has 13 heavy (non-hydrogen) atoms. The second kappa shape index (κ2) is 4.13. The predicted octanol–water partition coefficient (Wildman–Crippen LogP) is 2.02. The Kier molecular flexibility index (Phi) is 3.36. The SMILES string of the molecule is Cc1ccc(C2NC(C)CO2)o1.Cl. The van der Waals surface area contributed by atoms with Crippen LogP contribution in [0.3, 0.4) is 0 Å². The van der Waals surface area contributed by atoms with Crippen LogP contribution in [-0.2, 0) is 4.74 Å². The summed E-state index contributed by atoms with van der Waals surface area (Å²) in [5.41, 5.74) is 0. The summed E-state index contributed by atoms with van der Waals surface area (Å²) in [6.07, 6.45) is -0.0475. The van der Waals surface area contributed by atoms with Gasteiger partial charge >= 0.3 is 0 Å². The van der Waals surface area contributed by atoms with Crippen molar-refractivity contribution in [2.45, 2.75) is 26.1 Å². The molecule has 1 aromatic rings. The highest BCUT2D eigenvalue weighted by atomic mass is 35.5. The van der Waals surface area contributed by atoms with Gasteiger partial charge in [-0.05, 0) is 26.0 Å². The fourth-order valence-corrected chi connectivity index (χ4v) is 1.35. The lowest BCUT2D eigenvalue weighted by atomic mass is 10.3. The third-order valence-corrected chi connectivity index (χ3v) is 1.97. The zero-order valence-electron chi connectivity index (χ0n) is 7.74. The Morgan fingerprint density at radius 3 is 2.69 bits per heavy atom. The number of nitrogens with one attached hydrogen (secondary N) is 1. The van der Waals surface area contributed by atoms with Crippen molar-refractivity contribution in [3.05, 3.63) is 23.7 Å². The summed E-state index contributed by atoms with van der Waals surface area (Å²) < 4.78 is 10.9. The van der Waals surface area contributed by atoms with Crippen LogP contribution in [0.15, 0.2) is 16.5 Å². The summed E-state index contributed by atoms with van der Waals surface area (Å²) in [6.45, 7) is 4.78. The maximum atomic E-state index is 5.46. The molecule has 1 aromatic heterocycles. The first kappa shape index (κ1) is 10.6. The Hall–Kier alpha value is -0.510. The molecule has 2 unspecified atom stereocenters. The smallest absolute Gasteiger partial charge is 0.167 e. The maximum absolute atomic E-state index is 5.46. The van der Waals surface area contributed by atoms with E-state index < -0.39 is 0 Å². The van der Waals surface area contributed by atoms with E-state index in [0.717, 1.165) is 18.1 Å². The number of hydrogen-bond donors (Lipinski definition) is 1.